The fraction of sp³-hybridized carbons (Fsp3) is 0.750. The van der Waals surface area contributed by atoms with Crippen molar-refractivity contribution in [2.45, 2.75) is 45.6 Å². The molecule has 6 heteroatoms. The van der Waals surface area contributed by atoms with E-state index in [0.717, 1.165) is 43.3 Å². The van der Waals surface area contributed by atoms with Crippen LogP contribution in [0.25, 0.3) is 0 Å². The molecule has 0 aromatic carbocycles. The molecule has 0 saturated carbocycles. The summed E-state index contributed by atoms with van der Waals surface area (Å²) in [6.07, 6.45) is 3.67. The first kappa shape index (κ1) is 13.3. The Balaban J connectivity index is 1.90. The lowest BCUT2D eigenvalue weighted by Crippen LogP contribution is -2.47. The van der Waals surface area contributed by atoms with Gasteiger partial charge in [-0.3, -0.25) is 4.79 Å². The van der Waals surface area contributed by atoms with Crippen LogP contribution in [0.5, 0.6) is 0 Å². The van der Waals surface area contributed by atoms with E-state index in [-0.39, 0.29) is 11.9 Å². The molecule has 5 nitrogen and oxygen atoms in total. The molecule has 0 aliphatic carbocycles. The zero-order chi connectivity index (χ0) is 13.0. The number of anilines is 1. The van der Waals surface area contributed by atoms with Crippen molar-refractivity contribution in [1.82, 2.24) is 14.7 Å². The van der Waals surface area contributed by atoms with Crippen LogP contribution in [0.2, 0.25) is 0 Å². The Kier molecular flexibility index (Phi) is 4.52. The third-order valence-electron chi connectivity index (χ3n) is 3.05. The molecule has 1 aliphatic rings. The standard InChI is InChI=1S/C12H20N4OS/c1-3-5-11(17)14-10-6-4-7-16(8-10)12-13-9(2)15-18-12/h10H,3-8H2,1-2H3,(H,14,17)/t10-/m0/s1. The van der Waals surface area contributed by atoms with Crippen LogP contribution in [0.3, 0.4) is 0 Å². The van der Waals surface area contributed by atoms with E-state index >= 15 is 0 Å². The Morgan fingerprint density at radius 1 is 1.61 bits per heavy atom. The molecule has 100 valence electrons. The van der Waals surface area contributed by atoms with Crippen LogP contribution in [0.15, 0.2) is 0 Å². The van der Waals surface area contributed by atoms with E-state index in [2.05, 4.69) is 19.6 Å². The van der Waals surface area contributed by atoms with Crippen LogP contribution < -0.4 is 10.2 Å². The number of nitrogens with one attached hydrogen (secondary N) is 1. The lowest BCUT2D eigenvalue weighted by Gasteiger charge is -2.32. The fourth-order valence-electron chi connectivity index (χ4n) is 2.21. The molecule has 0 radical (unpaired) electrons. The second-order valence-electron chi connectivity index (χ2n) is 4.73. The minimum absolute atomic E-state index is 0.165. The molecular weight excluding hydrogens is 248 g/mol. The van der Waals surface area contributed by atoms with Crippen molar-refractivity contribution in [3.63, 3.8) is 0 Å². The molecule has 1 fully saturated rings. The van der Waals surface area contributed by atoms with Gasteiger partial charge in [0.1, 0.15) is 5.82 Å². The number of carbonyl (C=O) groups excluding carboxylic acids is 1. The SMILES string of the molecule is CCCC(=O)N[C@H]1CCCN(c2nc(C)ns2)C1. The molecular formula is C12H20N4OS. The molecule has 2 rings (SSSR count). The third kappa shape index (κ3) is 3.41. The van der Waals surface area contributed by atoms with Crippen molar-refractivity contribution < 1.29 is 4.79 Å². The summed E-state index contributed by atoms with van der Waals surface area (Å²) in [5.74, 6) is 0.991. The fourth-order valence-corrected chi connectivity index (χ4v) is 2.92. The van der Waals surface area contributed by atoms with Gasteiger partial charge >= 0.3 is 0 Å². The monoisotopic (exact) mass is 268 g/mol. The maximum Gasteiger partial charge on any atom is 0.220 e. The molecule has 1 amide bonds. The summed E-state index contributed by atoms with van der Waals surface area (Å²) in [4.78, 5) is 18.2. The van der Waals surface area contributed by atoms with Crippen molar-refractivity contribution >= 4 is 22.6 Å². The number of hydrogen-bond donors (Lipinski definition) is 1. The molecule has 18 heavy (non-hydrogen) atoms. The summed E-state index contributed by atoms with van der Waals surface area (Å²) in [6, 6.07) is 0.252. The van der Waals surface area contributed by atoms with Gasteiger partial charge in [0.05, 0.1) is 0 Å². The van der Waals surface area contributed by atoms with E-state index in [9.17, 15) is 4.79 Å². The number of aryl methyl sites for hydroxylation is 1. The number of amides is 1. The summed E-state index contributed by atoms with van der Waals surface area (Å²) in [5, 5.41) is 4.08. The molecule has 1 aromatic heterocycles. The topological polar surface area (TPSA) is 58.1 Å². The highest BCUT2D eigenvalue weighted by atomic mass is 32.1. The van der Waals surface area contributed by atoms with Crippen molar-refractivity contribution in [3.05, 3.63) is 5.82 Å². The highest BCUT2D eigenvalue weighted by Crippen LogP contribution is 2.21. The maximum absolute atomic E-state index is 11.6. The van der Waals surface area contributed by atoms with E-state index in [4.69, 9.17) is 0 Å². The molecule has 1 aromatic rings. The number of rotatable bonds is 4. The first-order valence-electron chi connectivity index (χ1n) is 6.53. The van der Waals surface area contributed by atoms with Gasteiger partial charge in [-0.05, 0) is 26.2 Å². The molecule has 1 N–H and O–H groups in total. The average molecular weight is 268 g/mol. The van der Waals surface area contributed by atoms with Gasteiger partial charge in [0.25, 0.3) is 0 Å². The molecule has 1 atom stereocenters. The number of carbonyl (C=O) groups is 1. The third-order valence-corrected chi connectivity index (χ3v) is 3.92. The Morgan fingerprint density at radius 2 is 2.44 bits per heavy atom. The summed E-state index contributed by atoms with van der Waals surface area (Å²) in [7, 11) is 0. The second-order valence-corrected chi connectivity index (χ2v) is 5.46. The minimum Gasteiger partial charge on any atom is -0.352 e. The van der Waals surface area contributed by atoms with Gasteiger partial charge in [-0.25, -0.2) is 4.98 Å². The summed E-state index contributed by atoms with van der Waals surface area (Å²) in [6.45, 7) is 5.79. The predicted octanol–water partition coefficient (Wildman–Crippen LogP) is 1.73. The summed E-state index contributed by atoms with van der Waals surface area (Å²) >= 11 is 1.44. The second kappa shape index (κ2) is 6.13. The highest BCUT2D eigenvalue weighted by Gasteiger charge is 2.23. The van der Waals surface area contributed by atoms with Crippen LogP contribution in [-0.2, 0) is 4.79 Å². The van der Waals surface area contributed by atoms with E-state index < -0.39 is 0 Å². The van der Waals surface area contributed by atoms with Crippen LogP contribution in [-0.4, -0.2) is 34.4 Å². The van der Waals surface area contributed by atoms with Crippen LogP contribution in [0.1, 0.15) is 38.4 Å². The summed E-state index contributed by atoms with van der Waals surface area (Å²) in [5.41, 5.74) is 0. The molecule has 0 spiro atoms. The first-order valence-corrected chi connectivity index (χ1v) is 7.31. The molecule has 1 aliphatic heterocycles. The molecule has 2 heterocycles. The van der Waals surface area contributed by atoms with Crippen molar-refractivity contribution in [2.75, 3.05) is 18.0 Å². The predicted molar refractivity (Wildman–Crippen MR) is 72.9 cm³/mol. The number of piperidine rings is 1. The minimum atomic E-state index is 0.165. The Labute approximate surface area is 112 Å². The van der Waals surface area contributed by atoms with E-state index in [1.54, 1.807) is 0 Å². The van der Waals surface area contributed by atoms with Crippen molar-refractivity contribution in [2.24, 2.45) is 0 Å². The Bertz CT molecular complexity index is 407. The van der Waals surface area contributed by atoms with Gasteiger partial charge in [0.2, 0.25) is 11.0 Å². The van der Waals surface area contributed by atoms with Crippen molar-refractivity contribution in [1.29, 1.82) is 0 Å². The van der Waals surface area contributed by atoms with Gasteiger partial charge in [-0.2, -0.15) is 4.37 Å². The van der Waals surface area contributed by atoms with Gasteiger partial charge in [-0.1, -0.05) is 6.92 Å². The first-order chi connectivity index (χ1) is 8.69. The van der Waals surface area contributed by atoms with Crippen molar-refractivity contribution in [3.8, 4) is 0 Å². The smallest absolute Gasteiger partial charge is 0.220 e. The molecule has 0 unspecified atom stereocenters. The number of aromatic nitrogens is 2. The van der Waals surface area contributed by atoms with E-state index in [0.29, 0.717) is 6.42 Å². The molecule has 0 bridgehead atoms. The summed E-state index contributed by atoms with van der Waals surface area (Å²) < 4.78 is 4.21. The Morgan fingerprint density at radius 3 is 3.11 bits per heavy atom. The largest absolute Gasteiger partial charge is 0.352 e. The number of hydrogen-bond acceptors (Lipinski definition) is 5. The zero-order valence-electron chi connectivity index (χ0n) is 11.0. The number of nitrogens with zero attached hydrogens (tertiary/aromatic N) is 3. The quantitative estimate of drug-likeness (QED) is 0.903. The maximum atomic E-state index is 11.6. The van der Waals surface area contributed by atoms with Gasteiger partial charge < -0.3 is 10.2 Å². The highest BCUT2D eigenvalue weighted by molar-refractivity contribution is 7.09. The lowest BCUT2D eigenvalue weighted by atomic mass is 10.1. The van der Waals surface area contributed by atoms with Gasteiger partial charge in [-0.15, -0.1) is 0 Å². The van der Waals surface area contributed by atoms with Crippen LogP contribution in [0.4, 0.5) is 5.13 Å². The van der Waals surface area contributed by atoms with Gasteiger partial charge in [0, 0.05) is 37.1 Å². The van der Waals surface area contributed by atoms with Crippen LogP contribution >= 0.6 is 11.5 Å². The normalized spacial score (nSPS) is 19.9. The average Bonchev–Trinajstić information content (AvgIpc) is 2.76. The van der Waals surface area contributed by atoms with E-state index in [1.165, 1.54) is 11.5 Å². The zero-order valence-corrected chi connectivity index (χ0v) is 11.8. The molecule has 1 saturated heterocycles. The van der Waals surface area contributed by atoms with E-state index in [1.807, 2.05) is 13.8 Å². The lowest BCUT2D eigenvalue weighted by molar-refractivity contribution is -0.121. The Hall–Kier alpha value is -1.17. The van der Waals surface area contributed by atoms with Crippen LogP contribution in [0, 0.1) is 6.92 Å². The van der Waals surface area contributed by atoms with Gasteiger partial charge in [0.15, 0.2) is 0 Å².